The van der Waals surface area contributed by atoms with E-state index < -0.39 is 0 Å². The van der Waals surface area contributed by atoms with Crippen molar-refractivity contribution in [3.8, 4) is 0 Å². The third kappa shape index (κ3) is 2.58. The number of pyridine rings is 1. The third-order valence-electron chi connectivity index (χ3n) is 4.45. The first-order valence-electron chi connectivity index (χ1n) is 8.41. The van der Waals surface area contributed by atoms with Crippen molar-refractivity contribution in [2.45, 2.75) is 13.8 Å². The Hall–Kier alpha value is -3.34. The molecular formula is C21H19N3O2. The van der Waals surface area contributed by atoms with Crippen molar-refractivity contribution < 1.29 is 9.53 Å². The summed E-state index contributed by atoms with van der Waals surface area (Å²) < 4.78 is 6.95. The summed E-state index contributed by atoms with van der Waals surface area (Å²) in [6.07, 6.45) is 0. The van der Waals surface area contributed by atoms with E-state index in [-0.39, 0.29) is 5.97 Å². The van der Waals surface area contributed by atoms with Crippen molar-refractivity contribution in [2.24, 2.45) is 0 Å². The molecule has 0 radical (unpaired) electrons. The lowest BCUT2D eigenvalue weighted by Gasteiger charge is -2.14. The third-order valence-corrected chi connectivity index (χ3v) is 4.45. The largest absolute Gasteiger partial charge is 0.465 e. The number of hydrogen-bond donors (Lipinski definition) is 1. The van der Waals surface area contributed by atoms with Gasteiger partial charge in [-0.05, 0) is 55.3 Å². The highest BCUT2D eigenvalue weighted by Crippen LogP contribution is 2.29. The van der Waals surface area contributed by atoms with Crippen molar-refractivity contribution in [3.63, 3.8) is 0 Å². The molecule has 2 aromatic carbocycles. The maximum atomic E-state index is 12.3. The van der Waals surface area contributed by atoms with Crippen molar-refractivity contribution in [2.75, 3.05) is 12.4 Å². The van der Waals surface area contributed by atoms with Crippen molar-refractivity contribution in [1.82, 2.24) is 9.38 Å². The first kappa shape index (κ1) is 16.1. The molecule has 1 N–H and O–H groups in total. The fraction of sp³-hybridized carbons (Fsp3) is 0.143. The van der Waals surface area contributed by atoms with E-state index in [1.807, 2.05) is 53.8 Å². The van der Waals surface area contributed by atoms with E-state index in [4.69, 9.17) is 4.74 Å². The molecule has 0 spiro atoms. The number of para-hydroxylation sites is 2. The normalized spacial score (nSPS) is 11.0. The molecule has 0 aliphatic carbocycles. The number of methoxy groups -OCH3 is 1. The van der Waals surface area contributed by atoms with E-state index >= 15 is 0 Å². The number of aromatic nitrogens is 2. The number of hydrogen-bond acceptors (Lipinski definition) is 4. The number of carbonyl (C=O) groups excluding carboxylic acids is 1. The zero-order valence-corrected chi connectivity index (χ0v) is 14.9. The molecule has 0 amide bonds. The summed E-state index contributed by atoms with van der Waals surface area (Å²) in [5, 5.41) is 3.46. The minimum atomic E-state index is -0.384. The second-order valence-electron chi connectivity index (χ2n) is 6.33. The van der Waals surface area contributed by atoms with E-state index in [2.05, 4.69) is 29.4 Å². The van der Waals surface area contributed by atoms with E-state index in [1.165, 1.54) is 12.7 Å². The molecule has 0 aliphatic rings. The monoisotopic (exact) mass is 345 g/mol. The topological polar surface area (TPSA) is 55.6 Å². The summed E-state index contributed by atoms with van der Waals surface area (Å²) in [5.41, 5.74) is 5.80. The number of benzene rings is 2. The summed E-state index contributed by atoms with van der Waals surface area (Å²) in [5.74, 6) is 0.467. The number of rotatable bonds is 3. The van der Waals surface area contributed by atoms with Gasteiger partial charge >= 0.3 is 5.97 Å². The smallest absolute Gasteiger partial charge is 0.341 e. The van der Waals surface area contributed by atoms with Crippen LogP contribution in [0.4, 0.5) is 11.5 Å². The first-order chi connectivity index (χ1) is 12.6. The molecule has 5 nitrogen and oxygen atoms in total. The van der Waals surface area contributed by atoms with Gasteiger partial charge in [-0.1, -0.05) is 24.3 Å². The van der Waals surface area contributed by atoms with Gasteiger partial charge in [-0.25, -0.2) is 9.78 Å². The predicted molar refractivity (Wildman–Crippen MR) is 103 cm³/mol. The van der Waals surface area contributed by atoms with E-state index in [1.54, 1.807) is 0 Å². The Kier molecular flexibility index (Phi) is 3.84. The lowest BCUT2D eigenvalue weighted by Crippen LogP contribution is -2.09. The lowest BCUT2D eigenvalue weighted by molar-refractivity contribution is 0.0601. The zero-order valence-electron chi connectivity index (χ0n) is 14.9. The van der Waals surface area contributed by atoms with Crippen LogP contribution in [-0.4, -0.2) is 22.5 Å². The highest BCUT2D eigenvalue weighted by Gasteiger charge is 2.20. The van der Waals surface area contributed by atoms with Gasteiger partial charge < -0.3 is 10.1 Å². The summed E-state index contributed by atoms with van der Waals surface area (Å²) in [6.45, 7) is 3.95. The molecule has 4 aromatic rings. The number of esters is 1. The maximum Gasteiger partial charge on any atom is 0.341 e. The summed E-state index contributed by atoms with van der Waals surface area (Å²) in [4.78, 5) is 17.0. The van der Waals surface area contributed by atoms with Crippen LogP contribution in [0.15, 0.2) is 54.6 Å². The van der Waals surface area contributed by atoms with Gasteiger partial charge in [0.05, 0.1) is 18.1 Å². The van der Waals surface area contributed by atoms with Crippen LogP contribution in [0.5, 0.6) is 0 Å². The summed E-state index contributed by atoms with van der Waals surface area (Å²) >= 11 is 0. The average Bonchev–Trinajstić information content (AvgIpc) is 3.00. The Labute approximate surface area is 151 Å². The molecule has 130 valence electrons. The number of carbonyl (C=O) groups is 1. The molecule has 0 saturated carbocycles. The molecule has 2 heterocycles. The molecular weight excluding hydrogens is 326 g/mol. The van der Waals surface area contributed by atoms with Crippen LogP contribution < -0.4 is 5.32 Å². The van der Waals surface area contributed by atoms with Crippen molar-refractivity contribution in [1.29, 1.82) is 0 Å². The van der Waals surface area contributed by atoms with Crippen LogP contribution in [0.3, 0.4) is 0 Å². The molecule has 26 heavy (non-hydrogen) atoms. The van der Waals surface area contributed by atoms with E-state index in [0.29, 0.717) is 11.2 Å². The molecule has 0 aliphatic heterocycles. The van der Waals surface area contributed by atoms with Gasteiger partial charge in [0.15, 0.2) is 5.65 Å². The van der Waals surface area contributed by atoms with Crippen LogP contribution in [0, 0.1) is 13.8 Å². The fourth-order valence-electron chi connectivity index (χ4n) is 3.27. The Morgan fingerprint density at radius 2 is 1.88 bits per heavy atom. The van der Waals surface area contributed by atoms with Gasteiger partial charge in [-0.15, -0.1) is 0 Å². The van der Waals surface area contributed by atoms with Crippen LogP contribution in [0.2, 0.25) is 0 Å². The number of fused-ring (bicyclic) bond motifs is 3. The Balaban J connectivity index is 2.02. The minimum Gasteiger partial charge on any atom is -0.465 e. The van der Waals surface area contributed by atoms with Gasteiger partial charge in [0.25, 0.3) is 0 Å². The van der Waals surface area contributed by atoms with E-state index in [9.17, 15) is 4.79 Å². The average molecular weight is 345 g/mol. The van der Waals surface area contributed by atoms with Gasteiger partial charge in [0, 0.05) is 5.69 Å². The van der Waals surface area contributed by atoms with Crippen LogP contribution in [0.25, 0.3) is 16.7 Å². The number of ether oxygens (including phenoxy) is 1. The van der Waals surface area contributed by atoms with Gasteiger partial charge in [0.2, 0.25) is 0 Å². The predicted octanol–water partition coefficient (Wildman–Crippen LogP) is 4.63. The van der Waals surface area contributed by atoms with Crippen molar-refractivity contribution in [3.05, 3.63) is 71.3 Å². The molecule has 0 fully saturated rings. The highest BCUT2D eigenvalue weighted by atomic mass is 16.5. The molecule has 0 saturated heterocycles. The van der Waals surface area contributed by atoms with Crippen LogP contribution >= 0.6 is 0 Å². The standard InChI is InChI=1S/C21H19N3O2/c1-13-7-6-8-15(11-13)22-18-12-14(2)19(21(25)26-3)20-23-16-9-4-5-10-17(16)24(18)20/h4-12,22H,1-3H3. The maximum absolute atomic E-state index is 12.3. The van der Waals surface area contributed by atoms with Crippen LogP contribution in [0.1, 0.15) is 21.5 Å². The van der Waals surface area contributed by atoms with Gasteiger partial charge in [0.1, 0.15) is 11.4 Å². The quantitative estimate of drug-likeness (QED) is 0.550. The van der Waals surface area contributed by atoms with Crippen molar-refractivity contribution >= 4 is 34.2 Å². The molecule has 0 bridgehead atoms. The van der Waals surface area contributed by atoms with E-state index in [0.717, 1.165) is 28.1 Å². The molecule has 5 heteroatoms. The highest BCUT2D eigenvalue weighted by molar-refractivity contribution is 6.00. The van der Waals surface area contributed by atoms with Crippen LogP contribution in [-0.2, 0) is 4.74 Å². The minimum absolute atomic E-state index is 0.384. The summed E-state index contributed by atoms with van der Waals surface area (Å²) in [6, 6.07) is 17.9. The molecule has 2 aromatic heterocycles. The lowest BCUT2D eigenvalue weighted by atomic mass is 10.1. The number of anilines is 2. The second-order valence-corrected chi connectivity index (χ2v) is 6.33. The number of imidazole rings is 1. The Bertz CT molecular complexity index is 1140. The Morgan fingerprint density at radius 1 is 1.08 bits per heavy atom. The zero-order chi connectivity index (χ0) is 18.3. The molecule has 4 rings (SSSR count). The fourth-order valence-corrected chi connectivity index (χ4v) is 3.27. The number of aryl methyl sites for hydroxylation is 2. The SMILES string of the molecule is COC(=O)c1c(C)cc(Nc2cccc(C)c2)n2c1nc1ccccc12. The first-order valence-corrected chi connectivity index (χ1v) is 8.41. The second kappa shape index (κ2) is 6.19. The molecule has 0 unspecified atom stereocenters. The molecule has 0 atom stereocenters. The number of nitrogens with one attached hydrogen (secondary N) is 1. The summed E-state index contributed by atoms with van der Waals surface area (Å²) in [7, 11) is 1.39. The Morgan fingerprint density at radius 3 is 2.65 bits per heavy atom. The van der Waals surface area contributed by atoms with Gasteiger partial charge in [-0.3, -0.25) is 4.40 Å². The number of nitrogens with zero attached hydrogens (tertiary/aromatic N) is 2. The van der Waals surface area contributed by atoms with Gasteiger partial charge in [-0.2, -0.15) is 0 Å².